The average Bonchev–Trinajstić information content (AvgIpc) is 2.55. The number of aryl methyl sites for hydroxylation is 2. The van der Waals surface area contributed by atoms with Gasteiger partial charge >= 0.3 is 0 Å². The van der Waals surface area contributed by atoms with E-state index in [1.807, 2.05) is 39.8 Å². The lowest BCUT2D eigenvalue weighted by atomic mass is 10.0. The van der Waals surface area contributed by atoms with Crippen molar-refractivity contribution in [1.29, 1.82) is 0 Å². The highest BCUT2D eigenvalue weighted by molar-refractivity contribution is 6.01. The van der Waals surface area contributed by atoms with Crippen LogP contribution < -0.4 is 10.6 Å². The first kappa shape index (κ1) is 18.5. The van der Waals surface area contributed by atoms with E-state index in [4.69, 9.17) is 0 Å². The van der Waals surface area contributed by atoms with E-state index >= 15 is 0 Å². The summed E-state index contributed by atoms with van der Waals surface area (Å²) in [7, 11) is 0. The molecule has 2 aromatic rings. The molecule has 0 saturated heterocycles. The van der Waals surface area contributed by atoms with Crippen molar-refractivity contribution >= 4 is 17.5 Å². The number of benzene rings is 2. The van der Waals surface area contributed by atoms with Gasteiger partial charge in [0.2, 0.25) is 5.91 Å². The van der Waals surface area contributed by atoms with Gasteiger partial charge in [-0.25, -0.2) is 0 Å². The molecule has 0 spiro atoms. The Labute approximate surface area is 148 Å². The fourth-order valence-electron chi connectivity index (χ4n) is 2.42. The molecule has 0 aliphatic heterocycles. The van der Waals surface area contributed by atoms with Crippen molar-refractivity contribution in [2.24, 2.45) is 5.92 Å². The highest BCUT2D eigenvalue weighted by atomic mass is 16.3. The zero-order valence-electron chi connectivity index (χ0n) is 15.0. The van der Waals surface area contributed by atoms with E-state index in [9.17, 15) is 14.7 Å². The maximum atomic E-state index is 12.6. The van der Waals surface area contributed by atoms with Crippen molar-refractivity contribution in [3.05, 3.63) is 59.2 Å². The van der Waals surface area contributed by atoms with Crippen molar-refractivity contribution in [2.45, 2.75) is 33.7 Å². The van der Waals surface area contributed by atoms with Gasteiger partial charge in [0.25, 0.3) is 5.91 Å². The molecule has 0 saturated carbocycles. The summed E-state index contributed by atoms with van der Waals surface area (Å²) in [5.74, 6) is -0.778. The SMILES string of the molecule is Cc1ccc(C(=O)NC(C(=O)Nc2ccc(C)cc2O)C(C)C)cc1. The van der Waals surface area contributed by atoms with Crippen LogP contribution in [0.1, 0.15) is 35.3 Å². The summed E-state index contributed by atoms with van der Waals surface area (Å²) in [5, 5.41) is 15.4. The number of nitrogens with one attached hydrogen (secondary N) is 2. The molecule has 2 rings (SSSR count). The lowest BCUT2D eigenvalue weighted by Crippen LogP contribution is -2.47. The minimum atomic E-state index is -0.713. The molecule has 5 nitrogen and oxygen atoms in total. The largest absolute Gasteiger partial charge is 0.506 e. The van der Waals surface area contributed by atoms with Crippen molar-refractivity contribution in [3.8, 4) is 5.75 Å². The van der Waals surface area contributed by atoms with Gasteiger partial charge < -0.3 is 15.7 Å². The Hall–Kier alpha value is -2.82. The van der Waals surface area contributed by atoms with E-state index in [0.717, 1.165) is 11.1 Å². The number of aromatic hydroxyl groups is 1. The summed E-state index contributed by atoms with van der Waals surface area (Å²) in [5.41, 5.74) is 2.78. The van der Waals surface area contributed by atoms with Gasteiger partial charge in [-0.15, -0.1) is 0 Å². The number of rotatable bonds is 5. The second-order valence-corrected chi connectivity index (χ2v) is 6.57. The van der Waals surface area contributed by atoms with Crippen molar-refractivity contribution in [2.75, 3.05) is 5.32 Å². The predicted octanol–water partition coefficient (Wildman–Crippen LogP) is 3.40. The van der Waals surface area contributed by atoms with E-state index in [-0.39, 0.29) is 23.5 Å². The number of anilines is 1. The normalized spacial score (nSPS) is 11.9. The van der Waals surface area contributed by atoms with Crippen LogP contribution in [0.15, 0.2) is 42.5 Å². The fraction of sp³-hybridized carbons (Fsp3) is 0.300. The second-order valence-electron chi connectivity index (χ2n) is 6.57. The predicted molar refractivity (Wildman–Crippen MR) is 98.7 cm³/mol. The Balaban J connectivity index is 2.12. The van der Waals surface area contributed by atoms with Crippen LogP contribution in [0.3, 0.4) is 0 Å². The average molecular weight is 340 g/mol. The van der Waals surface area contributed by atoms with Crippen LogP contribution in [0.5, 0.6) is 5.75 Å². The summed E-state index contributed by atoms with van der Waals surface area (Å²) in [4.78, 5) is 25.0. The third-order valence-corrected chi connectivity index (χ3v) is 3.96. The fourth-order valence-corrected chi connectivity index (χ4v) is 2.42. The molecule has 2 aromatic carbocycles. The second kappa shape index (κ2) is 7.83. The van der Waals surface area contributed by atoms with Crippen LogP contribution in [0, 0.1) is 19.8 Å². The van der Waals surface area contributed by atoms with E-state index in [1.54, 1.807) is 30.3 Å². The zero-order chi connectivity index (χ0) is 18.6. The number of carbonyl (C=O) groups is 2. The van der Waals surface area contributed by atoms with Crippen LogP contribution in [0.25, 0.3) is 0 Å². The molecular formula is C20H24N2O3. The number of carbonyl (C=O) groups excluding carboxylic acids is 2. The Morgan fingerprint density at radius 3 is 2.12 bits per heavy atom. The Morgan fingerprint density at radius 2 is 1.56 bits per heavy atom. The highest BCUT2D eigenvalue weighted by Gasteiger charge is 2.25. The molecule has 0 aliphatic carbocycles. The monoisotopic (exact) mass is 340 g/mol. The minimum absolute atomic E-state index is 0.000664. The molecule has 5 heteroatoms. The summed E-state index contributed by atoms with van der Waals surface area (Å²) in [6.45, 7) is 7.51. The van der Waals surface area contributed by atoms with Gasteiger partial charge in [0.15, 0.2) is 0 Å². The van der Waals surface area contributed by atoms with Crippen molar-refractivity contribution in [3.63, 3.8) is 0 Å². The van der Waals surface area contributed by atoms with E-state index < -0.39 is 6.04 Å². The molecule has 0 radical (unpaired) electrons. The molecule has 25 heavy (non-hydrogen) atoms. The standard InChI is InChI=1S/C20H24N2O3/c1-12(2)18(22-19(24)15-8-5-13(3)6-9-15)20(25)21-16-10-7-14(4)11-17(16)23/h5-12,18,23H,1-4H3,(H,21,25)(H,22,24). The summed E-state index contributed by atoms with van der Waals surface area (Å²) in [6.07, 6.45) is 0. The van der Waals surface area contributed by atoms with Gasteiger partial charge in [-0.2, -0.15) is 0 Å². The summed E-state index contributed by atoms with van der Waals surface area (Å²) >= 11 is 0. The molecule has 132 valence electrons. The molecule has 3 N–H and O–H groups in total. The van der Waals surface area contributed by atoms with Crippen LogP contribution in [0.2, 0.25) is 0 Å². The maximum Gasteiger partial charge on any atom is 0.251 e. The number of hydrogen-bond acceptors (Lipinski definition) is 3. The molecule has 0 bridgehead atoms. The smallest absolute Gasteiger partial charge is 0.251 e. The third-order valence-electron chi connectivity index (χ3n) is 3.96. The maximum absolute atomic E-state index is 12.6. The quantitative estimate of drug-likeness (QED) is 0.730. The van der Waals surface area contributed by atoms with Crippen LogP contribution in [-0.4, -0.2) is 23.0 Å². The van der Waals surface area contributed by atoms with E-state index in [2.05, 4.69) is 10.6 Å². The molecule has 2 amide bonds. The highest BCUT2D eigenvalue weighted by Crippen LogP contribution is 2.24. The lowest BCUT2D eigenvalue weighted by Gasteiger charge is -2.22. The Bertz CT molecular complexity index is 767. The summed E-state index contributed by atoms with van der Waals surface area (Å²) < 4.78 is 0. The first-order valence-corrected chi connectivity index (χ1v) is 8.26. The molecule has 0 heterocycles. The number of phenols is 1. The van der Waals surface area contributed by atoms with Gasteiger partial charge in [0.1, 0.15) is 11.8 Å². The van der Waals surface area contributed by atoms with Gasteiger partial charge in [0, 0.05) is 5.56 Å². The first-order valence-electron chi connectivity index (χ1n) is 8.26. The number of phenolic OH excluding ortho intramolecular Hbond substituents is 1. The molecular weight excluding hydrogens is 316 g/mol. The van der Waals surface area contributed by atoms with Crippen LogP contribution in [-0.2, 0) is 4.79 Å². The molecule has 0 aliphatic rings. The molecule has 0 fully saturated rings. The van der Waals surface area contributed by atoms with Crippen LogP contribution in [0.4, 0.5) is 5.69 Å². The lowest BCUT2D eigenvalue weighted by molar-refractivity contribution is -0.118. The summed E-state index contributed by atoms with van der Waals surface area (Å²) in [6, 6.07) is 11.5. The molecule has 0 aromatic heterocycles. The Kier molecular flexibility index (Phi) is 5.80. The number of hydrogen-bond donors (Lipinski definition) is 3. The van der Waals surface area contributed by atoms with E-state index in [0.29, 0.717) is 11.3 Å². The molecule has 1 unspecified atom stereocenters. The minimum Gasteiger partial charge on any atom is -0.506 e. The van der Waals surface area contributed by atoms with Gasteiger partial charge in [-0.3, -0.25) is 9.59 Å². The van der Waals surface area contributed by atoms with Crippen LogP contribution >= 0.6 is 0 Å². The molecule has 1 atom stereocenters. The van der Waals surface area contributed by atoms with Crippen molar-refractivity contribution < 1.29 is 14.7 Å². The van der Waals surface area contributed by atoms with Gasteiger partial charge in [-0.05, 0) is 49.6 Å². The third kappa shape index (κ3) is 4.83. The first-order chi connectivity index (χ1) is 11.8. The van der Waals surface area contributed by atoms with E-state index in [1.165, 1.54) is 0 Å². The van der Waals surface area contributed by atoms with Gasteiger partial charge in [-0.1, -0.05) is 37.6 Å². The topological polar surface area (TPSA) is 78.4 Å². The van der Waals surface area contributed by atoms with Gasteiger partial charge in [0.05, 0.1) is 5.69 Å². The Morgan fingerprint density at radius 1 is 0.960 bits per heavy atom. The number of amides is 2. The van der Waals surface area contributed by atoms with Crippen molar-refractivity contribution in [1.82, 2.24) is 5.32 Å². The zero-order valence-corrected chi connectivity index (χ0v) is 15.0.